The van der Waals surface area contributed by atoms with Gasteiger partial charge in [-0.15, -0.1) is 11.8 Å². The molecular formula is C10H14ClN3OS. The van der Waals surface area contributed by atoms with E-state index in [0.29, 0.717) is 10.7 Å². The number of hydrogen-bond acceptors (Lipinski definition) is 3. The first-order chi connectivity index (χ1) is 7.47. The minimum absolute atomic E-state index is 0.298. The molecule has 16 heavy (non-hydrogen) atoms. The average Bonchev–Trinajstić information content (AvgIpc) is 2.26. The normalized spacial score (nSPS) is 10.1. The predicted octanol–water partition coefficient (Wildman–Crippen LogP) is 2.42. The quantitative estimate of drug-likeness (QED) is 0.384. The smallest absolute Gasteiger partial charge is 0.329 e. The van der Waals surface area contributed by atoms with Gasteiger partial charge in [-0.25, -0.2) is 15.6 Å². The van der Waals surface area contributed by atoms with Crippen LogP contribution in [0, 0.1) is 0 Å². The highest BCUT2D eigenvalue weighted by Gasteiger charge is 2.14. The number of anilines is 1. The standard InChI is InChI=1S/C10H14ClN3OS/c1-13(2)10(15)14(12)7-4-5-9(16-3)8(11)6-7/h4-6H,12H2,1-3H3. The number of amides is 2. The zero-order valence-corrected chi connectivity index (χ0v) is 11.0. The number of hydrogen-bond donors (Lipinski definition) is 1. The fourth-order valence-corrected chi connectivity index (χ4v) is 2.00. The van der Waals surface area contributed by atoms with Crippen LogP contribution in [-0.4, -0.2) is 31.3 Å². The number of hydrazine groups is 1. The maximum absolute atomic E-state index is 11.6. The summed E-state index contributed by atoms with van der Waals surface area (Å²) in [6.45, 7) is 0. The first-order valence-corrected chi connectivity index (χ1v) is 6.17. The molecule has 0 radical (unpaired) electrons. The SMILES string of the molecule is CSc1ccc(N(N)C(=O)N(C)C)cc1Cl. The van der Waals surface area contributed by atoms with Gasteiger partial charge in [0.05, 0.1) is 10.7 Å². The zero-order chi connectivity index (χ0) is 12.3. The van der Waals surface area contributed by atoms with E-state index in [0.717, 1.165) is 9.90 Å². The Bertz CT molecular complexity index is 398. The molecule has 6 heteroatoms. The molecule has 0 heterocycles. The molecule has 0 atom stereocenters. The molecule has 0 unspecified atom stereocenters. The second-order valence-corrected chi connectivity index (χ2v) is 4.62. The van der Waals surface area contributed by atoms with Crippen molar-refractivity contribution in [2.45, 2.75) is 4.90 Å². The van der Waals surface area contributed by atoms with Crippen LogP contribution in [-0.2, 0) is 0 Å². The number of urea groups is 1. The van der Waals surface area contributed by atoms with Crippen molar-refractivity contribution < 1.29 is 4.79 Å². The van der Waals surface area contributed by atoms with E-state index in [1.165, 1.54) is 4.90 Å². The third kappa shape index (κ3) is 2.81. The van der Waals surface area contributed by atoms with E-state index in [-0.39, 0.29) is 6.03 Å². The lowest BCUT2D eigenvalue weighted by Crippen LogP contribution is -2.44. The predicted molar refractivity (Wildman–Crippen MR) is 69.0 cm³/mol. The molecule has 0 aliphatic rings. The van der Waals surface area contributed by atoms with Crippen molar-refractivity contribution in [2.24, 2.45) is 5.84 Å². The minimum atomic E-state index is -0.298. The Balaban J connectivity index is 2.97. The molecule has 0 aliphatic heterocycles. The number of carbonyl (C=O) groups excluding carboxylic acids is 1. The van der Waals surface area contributed by atoms with Crippen molar-refractivity contribution in [3.63, 3.8) is 0 Å². The molecule has 4 nitrogen and oxygen atoms in total. The molecule has 1 aromatic rings. The van der Waals surface area contributed by atoms with Crippen LogP contribution in [0.5, 0.6) is 0 Å². The van der Waals surface area contributed by atoms with E-state index >= 15 is 0 Å². The van der Waals surface area contributed by atoms with Gasteiger partial charge in [-0.05, 0) is 24.5 Å². The first-order valence-electron chi connectivity index (χ1n) is 4.57. The Morgan fingerprint density at radius 1 is 1.44 bits per heavy atom. The van der Waals surface area contributed by atoms with Crippen LogP contribution in [0.3, 0.4) is 0 Å². The minimum Gasteiger partial charge on any atom is -0.329 e. The molecule has 0 saturated carbocycles. The Hall–Kier alpha value is -0.910. The van der Waals surface area contributed by atoms with Gasteiger partial charge in [0.2, 0.25) is 0 Å². The highest BCUT2D eigenvalue weighted by atomic mass is 35.5. The number of nitrogens with two attached hydrogens (primary N) is 1. The lowest BCUT2D eigenvalue weighted by Gasteiger charge is -2.21. The van der Waals surface area contributed by atoms with Gasteiger partial charge in [-0.1, -0.05) is 11.6 Å². The fraction of sp³-hybridized carbons (Fsp3) is 0.300. The molecule has 0 saturated heterocycles. The molecule has 88 valence electrons. The summed E-state index contributed by atoms with van der Waals surface area (Å²) in [5, 5.41) is 1.66. The van der Waals surface area contributed by atoms with Crippen molar-refractivity contribution in [1.82, 2.24) is 4.90 Å². The highest BCUT2D eigenvalue weighted by Crippen LogP contribution is 2.28. The molecule has 2 amide bonds. The first kappa shape index (κ1) is 13.2. The molecular weight excluding hydrogens is 246 g/mol. The van der Waals surface area contributed by atoms with Gasteiger partial charge in [0.1, 0.15) is 0 Å². The highest BCUT2D eigenvalue weighted by molar-refractivity contribution is 7.98. The van der Waals surface area contributed by atoms with Crippen LogP contribution >= 0.6 is 23.4 Å². The van der Waals surface area contributed by atoms with Crippen molar-refractivity contribution >= 4 is 35.1 Å². The maximum atomic E-state index is 11.6. The molecule has 0 aromatic heterocycles. The number of benzene rings is 1. The Labute approximate surface area is 104 Å². The molecule has 0 fully saturated rings. The van der Waals surface area contributed by atoms with E-state index < -0.39 is 0 Å². The number of rotatable bonds is 2. The van der Waals surface area contributed by atoms with Gasteiger partial charge < -0.3 is 4.90 Å². The van der Waals surface area contributed by atoms with Gasteiger partial charge in [0.15, 0.2) is 0 Å². The van der Waals surface area contributed by atoms with Gasteiger partial charge in [0.25, 0.3) is 0 Å². The molecule has 1 rings (SSSR count). The van der Waals surface area contributed by atoms with E-state index in [2.05, 4.69) is 0 Å². The lowest BCUT2D eigenvalue weighted by atomic mass is 10.3. The van der Waals surface area contributed by atoms with Gasteiger partial charge in [-0.2, -0.15) is 0 Å². The Morgan fingerprint density at radius 3 is 2.50 bits per heavy atom. The largest absolute Gasteiger partial charge is 0.338 e. The molecule has 1 aromatic carbocycles. The summed E-state index contributed by atoms with van der Waals surface area (Å²) in [6.07, 6.45) is 1.94. The van der Waals surface area contributed by atoms with Crippen LogP contribution in [0.2, 0.25) is 5.02 Å². The third-order valence-electron chi connectivity index (χ3n) is 2.00. The summed E-state index contributed by atoms with van der Waals surface area (Å²) in [4.78, 5) is 13.9. The fourth-order valence-electron chi connectivity index (χ4n) is 1.13. The summed E-state index contributed by atoms with van der Waals surface area (Å²) in [7, 11) is 3.28. The number of carbonyl (C=O) groups is 1. The summed E-state index contributed by atoms with van der Waals surface area (Å²) >= 11 is 7.57. The number of nitrogens with zero attached hydrogens (tertiary/aromatic N) is 2. The van der Waals surface area contributed by atoms with Crippen molar-refractivity contribution in [3.8, 4) is 0 Å². The summed E-state index contributed by atoms with van der Waals surface area (Å²) in [6, 6.07) is 4.98. The van der Waals surface area contributed by atoms with Gasteiger partial charge >= 0.3 is 6.03 Å². The number of halogens is 1. The summed E-state index contributed by atoms with van der Waals surface area (Å²) < 4.78 is 0. The lowest BCUT2D eigenvalue weighted by molar-refractivity contribution is 0.224. The van der Waals surface area contributed by atoms with Gasteiger partial charge in [-0.3, -0.25) is 0 Å². The average molecular weight is 260 g/mol. The Morgan fingerprint density at radius 2 is 2.06 bits per heavy atom. The van der Waals surface area contributed by atoms with Crippen LogP contribution < -0.4 is 10.9 Å². The summed E-state index contributed by atoms with van der Waals surface area (Å²) in [5.41, 5.74) is 0.571. The van der Waals surface area contributed by atoms with Crippen LogP contribution in [0.25, 0.3) is 0 Å². The maximum Gasteiger partial charge on any atom is 0.338 e. The monoisotopic (exact) mass is 259 g/mol. The van der Waals surface area contributed by atoms with E-state index in [1.807, 2.05) is 12.3 Å². The van der Waals surface area contributed by atoms with Crippen molar-refractivity contribution in [1.29, 1.82) is 0 Å². The van der Waals surface area contributed by atoms with Crippen LogP contribution in [0.1, 0.15) is 0 Å². The number of thioether (sulfide) groups is 1. The molecule has 0 spiro atoms. The third-order valence-corrected chi connectivity index (χ3v) is 3.22. The Kier molecular flexibility index (Phi) is 4.46. The summed E-state index contributed by atoms with van der Waals surface area (Å²) in [5.74, 6) is 5.68. The van der Waals surface area contributed by atoms with Gasteiger partial charge in [0, 0.05) is 19.0 Å². The van der Waals surface area contributed by atoms with Crippen molar-refractivity contribution in [3.05, 3.63) is 23.2 Å². The van der Waals surface area contributed by atoms with Crippen molar-refractivity contribution in [2.75, 3.05) is 25.4 Å². The van der Waals surface area contributed by atoms with Crippen LogP contribution in [0.15, 0.2) is 23.1 Å². The second-order valence-electron chi connectivity index (χ2n) is 3.37. The molecule has 0 aliphatic carbocycles. The topological polar surface area (TPSA) is 49.6 Å². The van der Waals surface area contributed by atoms with Crippen LogP contribution in [0.4, 0.5) is 10.5 Å². The molecule has 0 bridgehead atoms. The van der Waals surface area contributed by atoms with E-state index in [4.69, 9.17) is 17.4 Å². The van der Waals surface area contributed by atoms with E-state index in [9.17, 15) is 4.79 Å². The zero-order valence-electron chi connectivity index (χ0n) is 9.40. The second kappa shape index (κ2) is 5.43. The van der Waals surface area contributed by atoms with E-state index in [1.54, 1.807) is 38.0 Å². The molecule has 2 N–H and O–H groups in total.